The molecule has 8 aromatic carbocycles. The van der Waals surface area contributed by atoms with Crippen LogP contribution in [0.5, 0.6) is 17.2 Å². The number of aromatic hydroxyl groups is 2. The third kappa shape index (κ3) is 12.0. The number of hydrogen-bond donors (Lipinski definition) is 7. The minimum atomic E-state index is -4.98. The molecule has 0 atom stereocenters. The minimum absolute atomic E-state index is 0. The predicted octanol–water partition coefficient (Wildman–Crippen LogP) is 11.4. The Hall–Kier alpha value is -7.15. The van der Waals surface area contributed by atoms with Gasteiger partial charge in [0.1, 0.15) is 49.4 Å². The number of azo groups is 3. The van der Waals surface area contributed by atoms with E-state index in [9.17, 15) is 49.1 Å². The first-order chi connectivity index (χ1) is 36.1. The van der Waals surface area contributed by atoms with Gasteiger partial charge in [0.25, 0.3) is 30.4 Å². The van der Waals surface area contributed by atoms with Gasteiger partial charge in [0, 0.05) is 55.6 Å². The molecule has 0 amide bonds. The summed E-state index contributed by atoms with van der Waals surface area (Å²) >= 11 is 0.940. The summed E-state index contributed by atoms with van der Waals surface area (Å²) in [5.74, 6) is -0.784. The molecule has 401 valence electrons. The van der Waals surface area contributed by atoms with Gasteiger partial charge in [-0.3, -0.25) is 13.7 Å². The third-order valence-electron chi connectivity index (χ3n) is 11.0. The van der Waals surface area contributed by atoms with E-state index in [4.69, 9.17) is 15.3 Å². The Bertz CT molecular complexity index is 4300. The number of rotatable bonds is 17. The molecule has 1 heterocycles. The molecule has 0 aliphatic carbocycles. The largest absolute Gasteiger partial charge is 0.506 e. The van der Waals surface area contributed by atoms with Gasteiger partial charge in [-0.1, -0.05) is 22.2 Å². The number of phenols is 2. The Kier molecular flexibility index (Phi) is 16.3. The molecule has 0 spiro atoms. The number of ether oxygens (including phenoxy) is 1. The number of nitrogens with zero attached hydrogens (tertiary/aromatic N) is 9. The number of benzene rings is 8. The fourth-order valence-corrected chi connectivity index (χ4v) is 10.7. The maximum Gasteiger partial charge on any atom is 0.295 e. The zero-order valence-corrected chi connectivity index (χ0v) is 43.4. The molecule has 0 fully saturated rings. The topological polar surface area (TPSA) is 395 Å². The van der Waals surface area contributed by atoms with Crippen molar-refractivity contribution in [2.24, 2.45) is 30.7 Å². The van der Waals surface area contributed by atoms with E-state index in [1.807, 2.05) is 0 Å². The molecule has 7 N–H and O–H groups in total. The van der Waals surface area contributed by atoms with E-state index in [0.717, 1.165) is 16.9 Å². The Morgan fingerprint density at radius 3 is 1.92 bits per heavy atom. The van der Waals surface area contributed by atoms with Gasteiger partial charge in [-0.05, 0) is 108 Å². The molecular formula is C44H31CuN9O18S5. The van der Waals surface area contributed by atoms with Crippen molar-refractivity contribution in [3.05, 3.63) is 115 Å². The molecule has 27 nitrogen and oxygen atoms in total. The summed E-state index contributed by atoms with van der Waals surface area (Å²) in [5.41, 5.74) is 1.81. The summed E-state index contributed by atoms with van der Waals surface area (Å²) < 4.78 is 117. The zero-order chi connectivity index (χ0) is 54.3. The molecule has 0 aliphatic heterocycles. The van der Waals surface area contributed by atoms with Gasteiger partial charge in [-0.15, -0.1) is 34.2 Å². The second kappa shape index (κ2) is 22.4. The summed E-state index contributed by atoms with van der Waals surface area (Å²) in [6, 6.07) is 24.8. The number of phenolic OH excluding ortho intramolecular Hbond substituents is 2. The molecule has 0 aliphatic rings. The molecule has 9 rings (SSSR count). The van der Waals surface area contributed by atoms with Crippen molar-refractivity contribution in [2.45, 2.75) is 31.4 Å². The van der Waals surface area contributed by atoms with Crippen LogP contribution in [0.15, 0.2) is 164 Å². The van der Waals surface area contributed by atoms with E-state index in [1.165, 1.54) is 67.8 Å². The van der Waals surface area contributed by atoms with Crippen LogP contribution in [0.4, 0.5) is 34.1 Å². The minimum Gasteiger partial charge on any atom is -0.506 e. The second-order valence-corrected chi connectivity index (χ2v) is 21.4. The monoisotopic (exact) mass is 1200 g/mol. The molecule has 77 heavy (non-hydrogen) atoms. The Balaban J connectivity index is 0.00000784. The van der Waals surface area contributed by atoms with Crippen molar-refractivity contribution in [1.82, 2.24) is 15.0 Å². The van der Waals surface area contributed by atoms with Crippen molar-refractivity contribution >= 4 is 132 Å². The second-order valence-electron chi connectivity index (χ2n) is 15.7. The first-order valence-corrected chi connectivity index (χ1v) is 26.6. The summed E-state index contributed by atoms with van der Waals surface area (Å²) in [6.45, 7) is 1.73. The van der Waals surface area contributed by atoms with E-state index in [1.54, 1.807) is 37.3 Å². The number of fused-ring (bicyclic) bond motifs is 5. The SMILES string of the molecule is COc1cc(N=Nc2c(SOOO)cc3cc(-n4nc5ccc6c(S(=O)(=O)O)cc(S(=O)(=O)O)cc6c5n4)ccc3c2O)c(O)cc1N=Nc1ccc(N=Nc2ccc3cc(SOOO)cc(S(=O)(=O)O)c3c2)c(C)c1.[Cu]. The van der Waals surface area contributed by atoms with Crippen molar-refractivity contribution in [2.75, 3.05) is 7.11 Å². The Morgan fingerprint density at radius 1 is 0.571 bits per heavy atom. The summed E-state index contributed by atoms with van der Waals surface area (Å²) in [6.07, 6.45) is 0. The molecule has 0 unspecified atom stereocenters. The van der Waals surface area contributed by atoms with E-state index < -0.39 is 56.5 Å². The van der Waals surface area contributed by atoms with Crippen LogP contribution in [0.25, 0.3) is 49.0 Å². The normalized spacial score (nSPS) is 12.6. The van der Waals surface area contributed by atoms with Crippen LogP contribution >= 0.6 is 24.1 Å². The number of hydrogen-bond acceptors (Lipinski definition) is 25. The van der Waals surface area contributed by atoms with Crippen LogP contribution in [-0.4, -0.2) is 81.7 Å². The summed E-state index contributed by atoms with van der Waals surface area (Å²) in [4.78, 5) is -0.683. The molecule has 9 aromatic rings. The summed E-state index contributed by atoms with van der Waals surface area (Å²) in [5, 5.41) is 82.4. The van der Waals surface area contributed by atoms with Gasteiger partial charge in [0.05, 0.1) is 63.7 Å². The zero-order valence-electron chi connectivity index (χ0n) is 38.4. The third-order valence-corrected chi connectivity index (χ3v) is 14.8. The quantitative estimate of drug-likeness (QED) is 0.0111. The van der Waals surface area contributed by atoms with Gasteiger partial charge in [-0.25, -0.2) is 10.5 Å². The van der Waals surface area contributed by atoms with Gasteiger partial charge in [0.2, 0.25) is 0 Å². The first kappa shape index (κ1) is 56.1. The van der Waals surface area contributed by atoms with Crippen molar-refractivity contribution in [1.29, 1.82) is 0 Å². The number of methoxy groups -OCH3 is 1. The van der Waals surface area contributed by atoms with E-state index in [-0.39, 0.29) is 93.6 Å². The molecule has 0 bridgehead atoms. The molecule has 1 aromatic heterocycles. The number of aromatic nitrogens is 3. The standard InChI is InChI=1S/C44H31N9O18S5.Cu/c1-21-11-24(5-9-33(21)47-46-25-4-3-22-13-27(72-70-68-56)16-40(31(22)15-25)75(61,62)63)45-49-36-19-37(54)35(20-38(36)67-2)48-50-43-39(73-71-69-57)14-23-12-26(6-7-29(23)44(43)55)53-51-34-10-8-30-32(42(34)52-53)17-28(74(58,59)60)18-41(30)76(64,65)66;/h3-20,54-57H,1-2H3,(H,58,59,60)(H,61,62,63)(H,64,65,66);. The molecule has 0 saturated heterocycles. The van der Waals surface area contributed by atoms with Gasteiger partial charge >= 0.3 is 0 Å². The Labute approximate surface area is 451 Å². The van der Waals surface area contributed by atoms with Crippen molar-refractivity contribution in [3.63, 3.8) is 0 Å². The van der Waals surface area contributed by atoms with Crippen LogP contribution in [0.3, 0.4) is 0 Å². The number of aryl methyl sites for hydroxylation is 1. The van der Waals surface area contributed by atoms with Gasteiger partial charge < -0.3 is 14.9 Å². The van der Waals surface area contributed by atoms with Crippen molar-refractivity contribution in [3.8, 4) is 22.9 Å². The molecule has 0 saturated carbocycles. The van der Waals surface area contributed by atoms with Crippen molar-refractivity contribution < 1.29 is 100 Å². The Morgan fingerprint density at radius 2 is 1.23 bits per heavy atom. The van der Waals surface area contributed by atoms with Gasteiger partial charge in [-0.2, -0.15) is 45.4 Å². The van der Waals surface area contributed by atoms with E-state index in [0.29, 0.717) is 57.9 Å². The first-order valence-electron chi connectivity index (χ1n) is 20.8. The predicted molar refractivity (Wildman–Crippen MR) is 269 cm³/mol. The van der Waals surface area contributed by atoms with Gasteiger partial charge in [0.15, 0.2) is 5.75 Å². The molecule has 1 radical (unpaired) electrons. The smallest absolute Gasteiger partial charge is 0.295 e. The van der Waals surface area contributed by atoms with Crippen LogP contribution in [0, 0.1) is 6.92 Å². The average Bonchev–Trinajstić information content (AvgIpc) is 3.84. The average molecular weight is 1200 g/mol. The maximum absolute atomic E-state index is 12.2. The van der Waals surface area contributed by atoms with Crippen LogP contribution in [0.1, 0.15) is 5.56 Å². The maximum atomic E-state index is 12.2. The molecular weight excluding hydrogens is 1170 g/mol. The fraction of sp³-hybridized carbons (Fsp3) is 0.0455. The van der Waals surface area contributed by atoms with Crippen LogP contribution < -0.4 is 4.74 Å². The van der Waals surface area contributed by atoms with Crippen LogP contribution in [0.2, 0.25) is 0 Å². The van der Waals surface area contributed by atoms with E-state index >= 15 is 0 Å². The molecule has 33 heteroatoms. The summed E-state index contributed by atoms with van der Waals surface area (Å²) in [7, 11) is -13.3. The van der Waals surface area contributed by atoms with Crippen LogP contribution in [-0.2, 0) is 66.2 Å². The fourth-order valence-electron chi connectivity index (χ4n) is 7.58. The van der Waals surface area contributed by atoms with E-state index in [2.05, 4.69) is 59.6 Å².